The van der Waals surface area contributed by atoms with Gasteiger partial charge < -0.3 is 0 Å². The van der Waals surface area contributed by atoms with Crippen molar-refractivity contribution in [1.82, 2.24) is 0 Å². The Morgan fingerprint density at radius 1 is 1.05 bits per heavy atom. The van der Waals surface area contributed by atoms with Gasteiger partial charge in [0.15, 0.2) is 9.84 Å². The van der Waals surface area contributed by atoms with E-state index in [1.165, 1.54) is 5.41 Å². The summed E-state index contributed by atoms with van der Waals surface area (Å²) in [5.41, 5.74) is 0.429. The summed E-state index contributed by atoms with van der Waals surface area (Å²) in [5, 5.41) is 1.46. The predicted octanol–water partition coefficient (Wildman–Crippen LogP) is 4.96. The lowest BCUT2D eigenvalue weighted by Gasteiger charge is -2.30. The van der Waals surface area contributed by atoms with Gasteiger partial charge in [0.05, 0.1) is 5.75 Å². The maximum Gasteiger partial charge on any atom is 0.171 e. The molecule has 118 valence electrons. The largest absolute Gasteiger partial charge is 0.224 e. The highest BCUT2D eigenvalue weighted by Gasteiger charge is 2.53. The van der Waals surface area contributed by atoms with E-state index in [1.807, 2.05) is 6.08 Å². The molecule has 0 radical (unpaired) electrons. The van der Waals surface area contributed by atoms with Crippen molar-refractivity contribution in [3.05, 3.63) is 11.5 Å². The zero-order valence-electron chi connectivity index (χ0n) is 14.1. The zero-order chi connectivity index (χ0) is 15.7. The SMILES string of the molecule is CC(C)(C)CCC/C=C/S(=O)(=O)CC1(C(C)(C)C)CC1. The van der Waals surface area contributed by atoms with E-state index in [9.17, 15) is 8.42 Å². The predicted molar refractivity (Wildman–Crippen MR) is 87.4 cm³/mol. The normalized spacial score (nSPS) is 19.5. The molecule has 2 nitrogen and oxygen atoms in total. The van der Waals surface area contributed by atoms with Gasteiger partial charge in [0.25, 0.3) is 0 Å². The van der Waals surface area contributed by atoms with Crippen molar-refractivity contribution in [3.8, 4) is 0 Å². The van der Waals surface area contributed by atoms with E-state index < -0.39 is 9.84 Å². The van der Waals surface area contributed by atoms with Crippen LogP contribution >= 0.6 is 0 Å². The van der Waals surface area contributed by atoms with Gasteiger partial charge in [-0.15, -0.1) is 0 Å². The van der Waals surface area contributed by atoms with Crippen molar-refractivity contribution in [2.75, 3.05) is 5.75 Å². The topological polar surface area (TPSA) is 34.1 Å². The van der Waals surface area contributed by atoms with Gasteiger partial charge in [-0.2, -0.15) is 0 Å². The molecule has 0 unspecified atom stereocenters. The number of unbranched alkanes of at least 4 members (excludes halogenated alkanes) is 1. The van der Waals surface area contributed by atoms with Crippen LogP contribution in [0.25, 0.3) is 0 Å². The number of hydrogen-bond donors (Lipinski definition) is 0. The Kier molecular flexibility index (Phi) is 5.17. The molecule has 0 atom stereocenters. The average Bonchev–Trinajstić information content (AvgIpc) is 2.94. The Morgan fingerprint density at radius 3 is 2.00 bits per heavy atom. The van der Waals surface area contributed by atoms with Gasteiger partial charge in [-0.1, -0.05) is 47.6 Å². The highest BCUT2D eigenvalue weighted by Crippen LogP contribution is 2.59. The van der Waals surface area contributed by atoms with Crippen molar-refractivity contribution in [2.24, 2.45) is 16.2 Å². The number of hydrogen-bond acceptors (Lipinski definition) is 2. The van der Waals surface area contributed by atoms with E-state index in [1.54, 1.807) is 0 Å². The molecule has 1 aliphatic carbocycles. The summed E-state index contributed by atoms with van der Waals surface area (Å²) in [4.78, 5) is 0. The minimum Gasteiger partial charge on any atom is -0.224 e. The maximum absolute atomic E-state index is 12.2. The highest BCUT2D eigenvalue weighted by atomic mass is 32.2. The molecule has 0 aromatic heterocycles. The molecule has 0 saturated heterocycles. The third-order valence-electron chi connectivity index (χ3n) is 4.52. The Morgan fingerprint density at radius 2 is 1.60 bits per heavy atom. The monoisotopic (exact) mass is 300 g/mol. The molecular weight excluding hydrogens is 268 g/mol. The summed E-state index contributed by atoms with van der Waals surface area (Å²) < 4.78 is 24.4. The summed E-state index contributed by atoms with van der Waals surface area (Å²) in [5.74, 6) is 0.319. The highest BCUT2D eigenvalue weighted by molar-refractivity contribution is 7.94. The first-order valence-electron chi connectivity index (χ1n) is 7.76. The quantitative estimate of drug-likeness (QED) is 0.650. The van der Waals surface area contributed by atoms with Crippen molar-refractivity contribution in [2.45, 2.75) is 73.6 Å². The minimum atomic E-state index is -3.06. The summed E-state index contributed by atoms with van der Waals surface area (Å²) in [6.45, 7) is 13.1. The second-order valence-corrected chi connectivity index (χ2v) is 10.5. The van der Waals surface area contributed by atoms with E-state index in [2.05, 4.69) is 41.5 Å². The van der Waals surface area contributed by atoms with E-state index in [0.29, 0.717) is 11.2 Å². The molecule has 0 bridgehead atoms. The third kappa shape index (κ3) is 5.59. The fourth-order valence-corrected chi connectivity index (χ4v) is 4.68. The van der Waals surface area contributed by atoms with Crippen molar-refractivity contribution in [3.63, 3.8) is 0 Å². The lowest BCUT2D eigenvalue weighted by molar-refractivity contribution is 0.240. The van der Waals surface area contributed by atoms with Crippen LogP contribution in [0.2, 0.25) is 0 Å². The summed E-state index contributed by atoms with van der Waals surface area (Å²) in [7, 11) is -3.06. The average molecular weight is 301 g/mol. The van der Waals surface area contributed by atoms with E-state index in [4.69, 9.17) is 0 Å². The van der Waals surface area contributed by atoms with Crippen LogP contribution in [-0.2, 0) is 9.84 Å². The smallest absolute Gasteiger partial charge is 0.171 e. The first kappa shape index (κ1) is 17.7. The van der Waals surface area contributed by atoms with Gasteiger partial charge >= 0.3 is 0 Å². The standard InChI is InChI=1S/C17H32O2S/c1-15(2,3)10-8-7-9-13-20(18,19)14-17(11-12-17)16(4,5)6/h9,13H,7-8,10-12,14H2,1-6H3/b13-9+. The molecular formula is C17H32O2S. The van der Waals surface area contributed by atoms with Crippen LogP contribution in [-0.4, -0.2) is 14.2 Å². The number of sulfone groups is 1. The van der Waals surface area contributed by atoms with Gasteiger partial charge in [-0.3, -0.25) is 0 Å². The fraction of sp³-hybridized carbons (Fsp3) is 0.882. The Balaban J connectivity index is 2.47. The van der Waals surface area contributed by atoms with Crippen LogP contribution in [0.3, 0.4) is 0 Å². The molecule has 1 fully saturated rings. The molecule has 0 spiro atoms. The second kappa shape index (κ2) is 5.82. The third-order valence-corrected chi connectivity index (χ3v) is 6.09. The lowest BCUT2D eigenvalue weighted by atomic mass is 9.79. The first-order valence-corrected chi connectivity index (χ1v) is 9.48. The van der Waals surface area contributed by atoms with Crippen LogP contribution in [0, 0.1) is 16.2 Å². The summed E-state index contributed by atoms with van der Waals surface area (Å²) in [6, 6.07) is 0. The molecule has 1 aliphatic rings. The zero-order valence-corrected chi connectivity index (χ0v) is 14.9. The van der Waals surface area contributed by atoms with Crippen molar-refractivity contribution >= 4 is 9.84 Å². The molecule has 0 aromatic carbocycles. The van der Waals surface area contributed by atoms with Gasteiger partial charge in [0.2, 0.25) is 0 Å². The summed E-state index contributed by atoms with van der Waals surface area (Å²) >= 11 is 0. The number of allylic oxidation sites excluding steroid dienone is 1. The van der Waals surface area contributed by atoms with E-state index in [0.717, 1.165) is 32.1 Å². The Hall–Kier alpha value is -0.310. The second-order valence-electron chi connectivity index (χ2n) is 8.66. The van der Waals surface area contributed by atoms with Crippen molar-refractivity contribution in [1.29, 1.82) is 0 Å². The van der Waals surface area contributed by atoms with Crippen molar-refractivity contribution < 1.29 is 8.42 Å². The molecule has 0 heterocycles. The maximum atomic E-state index is 12.2. The molecule has 0 amide bonds. The fourth-order valence-electron chi connectivity index (χ4n) is 2.66. The molecule has 0 aliphatic heterocycles. The minimum absolute atomic E-state index is 0.0155. The van der Waals surface area contributed by atoms with E-state index in [-0.39, 0.29) is 10.8 Å². The van der Waals surface area contributed by atoms with Gasteiger partial charge in [0, 0.05) is 5.41 Å². The molecule has 20 heavy (non-hydrogen) atoms. The lowest BCUT2D eigenvalue weighted by Crippen LogP contribution is -2.29. The Bertz CT molecular complexity index is 440. The van der Waals surface area contributed by atoms with Crippen LogP contribution in [0.4, 0.5) is 0 Å². The van der Waals surface area contributed by atoms with Gasteiger partial charge in [-0.05, 0) is 48.3 Å². The van der Waals surface area contributed by atoms with E-state index >= 15 is 0 Å². The van der Waals surface area contributed by atoms with Gasteiger partial charge in [-0.25, -0.2) is 8.42 Å². The van der Waals surface area contributed by atoms with Crippen LogP contribution in [0.1, 0.15) is 73.6 Å². The summed E-state index contributed by atoms with van der Waals surface area (Å²) in [6.07, 6.45) is 6.99. The van der Waals surface area contributed by atoms with Gasteiger partial charge in [0.1, 0.15) is 0 Å². The molecule has 0 N–H and O–H groups in total. The molecule has 0 aromatic rings. The number of rotatable bonds is 6. The molecule has 1 saturated carbocycles. The first-order chi connectivity index (χ1) is 8.87. The Labute approximate surface area is 126 Å². The van der Waals surface area contributed by atoms with Crippen LogP contribution < -0.4 is 0 Å². The van der Waals surface area contributed by atoms with Crippen LogP contribution in [0.5, 0.6) is 0 Å². The van der Waals surface area contributed by atoms with Crippen LogP contribution in [0.15, 0.2) is 11.5 Å². The molecule has 3 heteroatoms. The molecule has 1 rings (SSSR count).